The van der Waals surface area contributed by atoms with Crippen molar-refractivity contribution in [2.75, 3.05) is 13.7 Å². The van der Waals surface area contributed by atoms with Gasteiger partial charge in [0.2, 0.25) is 0 Å². The van der Waals surface area contributed by atoms with E-state index in [1.807, 2.05) is 6.08 Å². The highest BCUT2D eigenvalue weighted by atomic mass is 32.2. The van der Waals surface area contributed by atoms with Crippen molar-refractivity contribution in [3.05, 3.63) is 33.7 Å². The van der Waals surface area contributed by atoms with Crippen LogP contribution in [0.5, 0.6) is 5.75 Å². The number of carbonyl (C=O) groups excluding carboxylic acids is 1. The largest absolute Gasteiger partial charge is 0.496 e. The Morgan fingerprint density at radius 3 is 2.33 bits per heavy atom. The molecule has 0 aromatic heterocycles. The number of aliphatic carboxylic acids is 1. The van der Waals surface area contributed by atoms with E-state index in [4.69, 9.17) is 22.1 Å². The Morgan fingerprint density at radius 2 is 1.83 bits per heavy atom. The molecule has 1 aliphatic rings. The molecule has 7 heteroatoms. The van der Waals surface area contributed by atoms with Crippen LogP contribution in [0.4, 0.5) is 0 Å². The molecule has 1 heterocycles. The van der Waals surface area contributed by atoms with Crippen LogP contribution in [0.1, 0.15) is 71.1 Å². The van der Waals surface area contributed by atoms with Crippen LogP contribution in [0.25, 0.3) is 6.08 Å². The molecule has 1 fully saturated rings. The highest BCUT2D eigenvalue weighted by Gasteiger charge is 2.33. The van der Waals surface area contributed by atoms with E-state index in [1.165, 1.54) is 16.7 Å². The van der Waals surface area contributed by atoms with Crippen molar-refractivity contribution in [2.24, 2.45) is 0 Å². The van der Waals surface area contributed by atoms with Gasteiger partial charge in [-0.15, -0.1) is 0 Å². The summed E-state index contributed by atoms with van der Waals surface area (Å²) in [5.41, 5.74) is 2.90. The molecule has 0 saturated carbocycles. The number of methoxy groups -OCH3 is 1. The molecule has 1 amide bonds. The van der Waals surface area contributed by atoms with Crippen molar-refractivity contribution in [1.29, 1.82) is 0 Å². The minimum absolute atomic E-state index is 0.00645. The van der Waals surface area contributed by atoms with Crippen LogP contribution in [-0.2, 0) is 20.4 Å². The van der Waals surface area contributed by atoms with Crippen LogP contribution in [0.2, 0.25) is 0 Å². The van der Waals surface area contributed by atoms with E-state index in [-0.39, 0.29) is 23.2 Å². The molecule has 164 valence electrons. The minimum atomic E-state index is -0.880. The first-order valence-electron chi connectivity index (χ1n) is 9.96. The number of thioether (sulfide) groups is 1. The van der Waals surface area contributed by atoms with E-state index in [9.17, 15) is 9.59 Å². The molecule has 1 aromatic carbocycles. The number of rotatable bonds is 6. The van der Waals surface area contributed by atoms with Crippen molar-refractivity contribution >= 4 is 46.3 Å². The molecule has 1 aliphatic heterocycles. The molecular weight excluding hydrogens is 418 g/mol. The van der Waals surface area contributed by atoms with Crippen LogP contribution >= 0.6 is 24.0 Å². The zero-order valence-corrected chi connectivity index (χ0v) is 20.4. The average molecular weight is 450 g/mol. The summed E-state index contributed by atoms with van der Waals surface area (Å²) < 4.78 is 6.24. The van der Waals surface area contributed by atoms with Gasteiger partial charge in [-0.25, -0.2) is 0 Å². The lowest BCUT2D eigenvalue weighted by atomic mass is 9.79. The average Bonchev–Trinajstić information content (AvgIpc) is 2.86. The Morgan fingerprint density at radius 1 is 1.20 bits per heavy atom. The van der Waals surface area contributed by atoms with Gasteiger partial charge in [0.05, 0.1) is 12.0 Å². The molecule has 1 aromatic rings. The van der Waals surface area contributed by atoms with Crippen LogP contribution in [0.3, 0.4) is 0 Å². The van der Waals surface area contributed by atoms with Crippen LogP contribution < -0.4 is 4.74 Å². The van der Waals surface area contributed by atoms with Gasteiger partial charge in [0, 0.05) is 24.1 Å². The standard InChI is InChI=1S/C23H31NO4S2/c1-22(2,3)15-11-14(19(28-7)16(13-15)23(4,5)6)12-17-20(27)24(21(29)30-17)10-8-9-18(25)26/h11-13H,8-10H2,1-7H3,(H,25,26). The summed E-state index contributed by atoms with van der Waals surface area (Å²) in [6, 6.07) is 4.26. The molecule has 0 spiro atoms. The summed E-state index contributed by atoms with van der Waals surface area (Å²) in [6.45, 7) is 13.2. The van der Waals surface area contributed by atoms with Crippen LogP contribution in [-0.4, -0.2) is 39.9 Å². The fourth-order valence-corrected chi connectivity index (χ4v) is 4.50. The lowest BCUT2D eigenvalue weighted by Gasteiger charge is -2.28. The summed E-state index contributed by atoms with van der Waals surface area (Å²) in [4.78, 5) is 25.7. The predicted molar refractivity (Wildman–Crippen MR) is 127 cm³/mol. The van der Waals surface area contributed by atoms with E-state index in [0.29, 0.717) is 22.2 Å². The maximum Gasteiger partial charge on any atom is 0.303 e. The Kier molecular flexibility index (Phi) is 7.41. The number of carbonyl (C=O) groups is 2. The van der Waals surface area contributed by atoms with Gasteiger partial charge in [0.1, 0.15) is 10.1 Å². The van der Waals surface area contributed by atoms with Gasteiger partial charge in [-0.1, -0.05) is 71.6 Å². The number of hydrogen-bond acceptors (Lipinski definition) is 5. The Balaban J connectivity index is 2.50. The second-order valence-corrected chi connectivity index (χ2v) is 11.2. The van der Waals surface area contributed by atoms with E-state index in [0.717, 1.165) is 22.4 Å². The molecule has 1 N–H and O–H groups in total. The van der Waals surface area contributed by atoms with Crippen LogP contribution in [0, 0.1) is 0 Å². The number of thiocarbonyl (C=S) groups is 1. The SMILES string of the molecule is COc1c(C=C2SC(=S)N(CCCC(=O)O)C2=O)cc(C(C)(C)C)cc1C(C)(C)C. The predicted octanol–water partition coefficient (Wildman–Crippen LogP) is 5.36. The van der Waals surface area contributed by atoms with Crippen molar-refractivity contribution < 1.29 is 19.4 Å². The normalized spacial score (nSPS) is 16.5. The zero-order chi connectivity index (χ0) is 22.9. The van der Waals surface area contributed by atoms with Crippen molar-refractivity contribution in [3.8, 4) is 5.75 Å². The van der Waals surface area contributed by atoms with Gasteiger partial charge in [-0.2, -0.15) is 0 Å². The second-order valence-electron chi connectivity index (χ2n) is 9.48. The van der Waals surface area contributed by atoms with Crippen molar-refractivity contribution in [1.82, 2.24) is 4.90 Å². The number of carboxylic acids is 1. The highest BCUT2D eigenvalue weighted by Crippen LogP contribution is 2.41. The molecule has 2 rings (SSSR count). The fourth-order valence-electron chi connectivity index (χ4n) is 3.20. The summed E-state index contributed by atoms with van der Waals surface area (Å²) in [5, 5.41) is 8.84. The van der Waals surface area contributed by atoms with Crippen molar-refractivity contribution in [3.63, 3.8) is 0 Å². The van der Waals surface area contributed by atoms with Gasteiger partial charge in [-0.3, -0.25) is 14.5 Å². The van der Waals surface area contributed by atoms with Crippen molar-refractivity contribution in [2.45, 2.75) is 65.2 Å². The number of hydrogen-bond donors (Lipinski definition) is 1. The quantitative estimate of drug-likeness (QED) is 0.466. The maximum absolute atomic E-state index is 12.9. The summed E-state index contributed by atoms with van der Waals surface area (Å²) in [6.07, 6.45) is 2.22. The Labute approximate surface area is 188 Å². The minimum Gasteiger partial charge on any atom is -0.496 e. The molecule has 0 bridgehead atoms. The zero-order valence-electron chi connectivity index (χ0n) is 18.8. The number of carboxylic acid groups (broad SMARTS) is 1. The number of ether oxygens (including phenoxy) is 1. The molecule has 1 saturated heterocycles. The number of benzene rings is 1. The molecular formula is C23H31NO4S2. The molecule has 0 radical (unpaired) electrons. The first kappa shape index (κ1) is 24.4. The van der Waals surface area contributed by atoms with E-state index in [1.54, 1.807) is 7.11 Å². The molecule has 0 unspecified atom stereocenters. The van der Waals surface area contributed by atoms with Gasteiger partial charge in [0.15, 0.2) is 0 Å². The first-order valence-corrected chi connectivity index (χ1v) is 11.2. The monoisotopic (exact) mass is 449 g/mol. The third-order valence-corrected chi connectivity index (χ3v) is 6.31. The first-order chi connectivity index (χ1) is 13.8. The number of amides is 1. The topological polar surface area (TPSA) is 66.8 Å². The van der Waals surface area contributed by atoms with Crippen LogP contribution in [0.15, 0.2) is 17.0 Å². The van der Waals surface area contributed by atoms with E-state index < -0.39 is 5.97 Å². The summed E-state index contributed by atoms with van der Waals surface area (Å²) in [7, 11) is 1.65. The Bertz CT molecular complexity index is 892. The Hall–Kier alpha value is -1.86. The van der Waals surface area contributed by atoms with E-state index in [2.05, 4.69) is 53.7 Å². The number of nitrogens with zero attached hydrogens (tertiary/aromatic N) is 1. The van der Waals surface area contributed by atoms with Gasteiger partial charge in [-0.05, 0) is 35.0 Å². The highest BCUT2D eigenvalue weighted by molar-refractivity contribution is 8.26. The summed E-state index contributed by atoms with van der Waals surface area (Å²) in [5.74, 6) is -0.308. The smallest absolute Gasteiger partial charge is 0.303 e. The van der Waals surface area contributed by atoms with Gasteiger partial charge in [0.25, 0.3) is 5.91 Å². The molecule has 30 heavy (non-hydrogen) atoms. The maximum atomic E-state index is 12.9. The third kappa shape index (κ3) is 5.64. The van der Waals surface area contributed by atoms with E-state index >= 15 is 0 Å². The lowest BCUT2D eigenvalue weighted by Crippen LogP contribution is -2.29. The molecule has 0 aliphatic carbocycles. The summed E-state index contributed by atoms with van der Waals surface area (Å²) >= 11 is 6.62. The fraction of sp³-hybridized carbons (Fsp3) is 0.522. The third-order valence-electron chi connectivity index (χ3n) is 4.93. The lowest BCUT2D eigenvalue weighted by molar-refractivity contribution is -0.137. The second kappa shape index (κ2) is 9.10. The van der Waals surface area contributed by atoms with Gasteiger partial charge >= 0.3 is 5.97 Å². The molecule has 0 atom stereocenters. The molecule has 5 nitrogen and oxygen atoms in total. The van der Waals surface area contributed by atoms with Gasteiger partial charge < -0.3 is 9.84 Å².